The molecule has 1 atom stereocenters. The number of halogens is 2. The lowest BCUT2D eigenvalue weighted by Gasteiger charge is -2.20. The summed E-state index contributed by atoms with van der Waals surface area (Å²) < 4.78 is 13.2. The van der Waals surface area contributed by atoms with Crippen molar-refractivity contribution in [3.8, 4) is 0 Å². The first-order valence-corrected chi connectivity index (χ1v) is 6.60. The number of nitrogens with one attached hydrogen (secondary N) is 1. The van der Waals surface area contributed by atoms with E-state index in [0.29, 0.717) is 5.56 Å². The van der Waals surface area contributed by atoms with Crippen molar-refractivity contribution in [3.63, 3.8) is 0 Å². The van der Waals surface area contributed by atoms with Crippen LogP contribution < -0.4 is 5.32 Å². The number of aliphatic hydroxyl groups excluding tert-OH is 1. The van der Waals surface area contributed by atoms with E-state index in [1.54, 1.807) is 0 Å². The van der Waals surface area contributed by atoms with Crippen molar-refractivity contribution in [2.24, 2.45) is 0 Å². The molecule has 0 radical (unpaired) electrons. The Kier molecular flexibility index (Phi) is 4.46. The third-order valence-electron chi connectivity index (χ3n) is 3.31. The van der Waals surface area contributed by atoms with Crippen LogP contribution in [0.25, 0.3) is 0 Å². The molecule has 1 fully saturated rings. The van der Waals surface area contributed by atoms with Crippen molar-refractivity contribution in [1.29, 1.82) is 0 Å². The summed E-state index contributed by atoms with van der Waals surface area (Å²) in [7, 11) is 0. The van der Waals surface area contributed by atoms with Crippen molar-refractivity contribution in [2.45, 2.75) is 18.6 Å². The zero-order chi connectivity index (χ0) is 15.6. The number of rotatable bonds is 4. The van der Waals surface area contributed by atoms with E-state index in [0.717, 1.165) is 11.0 Å². The number of carbonyl (C=O) groups excluding carboxylic acids is 2. The second-order valence-corrected chi connectivity index (χ2v) is 5.22. The Balaban J connectivity index is 2.03. The Morgan fingerprint density at radius 2 is 2.19 bits per heavy atom. The highest BCUT2D eigenvalue weighted by atomic mass is 35.5. The van der Waals surface area contributed by atoms with Crippen molar-refractivity contribution < 1.29 is 24.2 Å². The van der Waals surface area contributed by atoms with Gasteiger partial charge in [0.2, 0.25) is 5.60 Å². The maximum absolute atomic E-state index is 13.2. The molecule has 3 N–H and O–H groups in total. The smallest absolute Gasteiger partial charge is 0.266 e. The molecular formula is C13H14ClFN2O4. The zero-order valence-corrected chi connectivity index (χ0v) is 11.7. The van der Waals surface area contributed by atoms with Gasteiger partial charge in [-0.3, -0.25) is 9.59 Å². The van der Waals surface area contributed by atoms with Gasteiger partial charge in [-0.05, 0) is 23.8 Å². The molecule has 8 heteroatoms. The zero-order valence-electron chi connectivity index (χ0n) is 11.0. The molecule has 0 aliphatic carbocycles. The molecular weight excluding hydrogens is 303 g/mol. The Morgan fingerprint density at radius 3 is 2.76 bits per heavy atom. The fourth-order valence-corrected chi connectivity index (χ4v) is 2.40. The van der Waals surface area contributed by atoms with Gasteiger partial charge in [-0.2, -0.15) is 0 Å². The van der Waals surface area contributed by atoms with Gasteiger partial charge in [-0.15, -0.1) is 0 Å². The van der Waals surface area contributed by atoms with Crippen LogP contribution in [0.4, 0.5) is 4.39 Å². The van der Waals surface area contributed by atoms with E-state index in [1.807, 2.05) is 0 Å². The number of likely N-dealkylation sites (tertiary alicyclic amines) is 1. The monoisotopic (exact) mass is 316 g/mol. The summed E-state index contributed by atoms with van der Waals surface area (Å²) in [4.78, 5) is 24.7. The molecule has 0 aromatic heterocycles. The van der Waals surface area contributed by atoms with Gasteiger partial charge in [0.25, 0.3) is 11.8 Å². The fraction of sp³-hybridized carbons (Fsp3) is 0.385. The number of hydrogen-bond donors (Lipinski definition) is 3. The van der Waals surface area contributed by atoms with Gasteiger partial charge in [0, 0.05) is 24.5 Å². The average Bonchev–Trinajstić information content (AvgIpc) is 2.72. The van der Waals surface area contributed by atoms with Crippen molar-refractivity contribution in [3.05, 3.63) is 34.6 Å². The minimum Gasteiger partial charge on any atom is -0.376 e. The van der Waals surface area contributed by atoms with Crippen molar-refractivity contribution in [2.75, 3.05) is 13.3 Å². The molecule has 0 spiro atoms. The van der Waals surface area contributed by atoms with Crippen LogP contribution in [0.5, 0.6) is 0 Å². The summed E-state index contributed by atoms with van der Waals surface area (Å²) in [6, 6.07) is 3.78. The van der Waals surface area contributed by atoms with Gasteiger partial charge >= 0.3 is 0 Å². The van der Waals surface area contributed by atoms with E-state index >= 15 is 0 Å². The van der Waals surface area contributed by atoms with Gasteiger partial charge in [-0.1, -0.05) is 11.6 Å². The van der Waals surface area contributed by atoms with Gasteiger partial charge in [0.05, 0.1) is 0 Å². The number of amides is 2. The molecule has 2 rings (SSSR count). The number of aliphatic hydroxyl groups is 2. The Morgan fingerprint density at radius 1 is 1.48 bits per heavy atom. The molecule has 114 valence electrons. The minimum absolute atomic E-state index is 0.0783. The van der Waals surface area contributed by atoms with Crippen LogP contribution in [0.15, 0.2) is 18.2 Å². The first kappa shape index (κ1) is 15.7. The molecule has 1 heterocycles. The van der Waals surface area contributed by atoms with E-state index in [1.165, 1.54) is 12.1 Å². The number of carbonyl (C=O) groups is 2. The van der Waals surface area contributed by atoms with Crippen LogP contribution in [0.1, 0.15) is 12.0 Å². The summed E-state index contributed by atoms with van der Waals surface area (Å²) >= 11 is 5.69. The summed E-state index contributed by atoms with van der Waals surface area (Å²) in [5.74, 6) is -2.28. The second-order valence-electron chi connectivity index (χ2n) is 4.78. The molecule has 6 nitrogen and oxygen atoms in total. The van der Waals surface area contributed by atoms with Crippen LogP contribution >= 0.6 is 11.6 Å². The highest BCUT2D eigenvalue weighted by Gasteiger charge is 2.50. The van der Waals surface area contributed by atoms with Gasteiger partial charge in [0.15, 0.2) is 0 Å². The molecule has 1 aromatic rings. The minimum atomic E-state index is -2.19. The van der Waals surface area contributed by atoms with E-state index in [4.69, 9.17) is 16.7 Å². The molecule has 1 aliphatic rings. The molecule has 0 bridgehead atoms. The standard InChI is InChI=1S/C13H14ClFN2O4/c14-9-3-8(4-10(15)5-9)6-16-11(19)13(21)1-2-17(7-18)12(13)20/h3-5,18,21H,1-2,6-7H2,(H,16,19)/t13-/m1/s1. The first-order chi connectivity index (χ1) is 9.86. The third kappa shape index (κ3) is 3.15. The predicted molar refractivity (Wildman–Crippen MR) is 71.6 cm³/mol. The van der Waals surface area contributed by atoms with Crippen LogP contribution in [0.2, 0.25) is 5.02 Å². The normalized spacial score (nSPS) is 21.7. The second kappa shape index (κ2) is 5.97. The number of hydrogen-bond acceptors (Lipinski definition) is 4. The predicted octanol–water partition coefficient (Wildman–Crippen LogP) is 0.00850. The van der Waals surface area contributed by atoms with E-state index in [-0.39, 0.29) is 24.5 Å². The maximum atomic E-state index is 13.2. The summed E-state index contributed by atoms with van der Waals surface area (Å²) in [5.41, 5.74) is -1.79. The largest absolute Gasteiger partial charge is 0.376 e. The lowest BCUT2D eigenvalue weighted by atomic mass is 10.0. The maximum Gasteiger partial charge on any atom is 0.266 e. The molecule has 21 heavy (non-hydrogen) atoms. The summed E-state index contributed by atoms with van der Waals surface area (Å²) in [6.07, 6.45) is -0.109. The Labute approximate surface area is 125 Å². The first-order valence-electron chi connectivity index (χ1n) is 6.22. The quantitative estimate of drug-likeness (QED) is 0.683. The highest BCUT2D eigenvalue weighted by Crippen LogP contribution is 2.23. The van der Waals surface area contributed by atoms with Gasteiger partial charge in [0.1, 0.15) is 12.5 Å². The van der Waals surface area contributed by atoms with Crippen LogP contribution in [-0.2, 0) is 16.1 Å². The van der Waals surface area contributed by atoms with Crippen LogP contribution in [-0.4, -0.2) is 45.8 Å². The molecule has 1 aliphatic heterocycles. The van der Waals surface area contributed by atoms with Crippen LogP contribution in [0.3, 0.4) is 0 Å². The lowest BCUT2D eigenvalue weighted by molar-refractivity contribution is -0.155. The van der Waals surface area contributed by atoms with Crippen LogP contribution in [0, 0.1) is 5.82 Å². The third-order valence-corrected chi connectivity index (χ3v) is 3.52. The molecule has 1 aromatic carbocycles. The number of benzene rings is 1. The van der Waals surface area contributed by atoms with Crippen molar-refractivity contribution in [1.82, 2.24) is 10.2 Å². The van der Waals surface area contributed by atoms with E-state index in [9.17, 15) is 19.1 Å². The SMILES string of the molecule is O=C(NCc1cc(F)cc(Cl)c1)[C@]1(O)CCN(CO)C1=O. The van der Waals surface area contributed by atoms with Crippen molar-refractivity contribution >= 4 is 23.4 Å². The summed E-state index contributed by atoms with van der Waals surface area (Å²) in [5, 5.41) is 21.6. The lowest BCUT2D eigenvalue weighted by Crippen LogP contribution is -2.52. The topological polar surface area (TPSA) is 89.9 Å². The fourth-order valence-electron chi connectivity index (χ4n) is 2.15. The Hall–Kier alpha value is -1.70. The van der Waals surface area contributed by atoms with E-state index in [2.05, 4.69) is 5.32 Å². The molecule has 2 amide bonds. The molecule has 1 saturated heterocycles. The van der Waals surface area contributed by atoms with Gasteiger partial charge in [-0.25, -0.2) is 4.39 Å². The molecule has 0 unspecified atom stereocenters. The van der Waals surface area contributed by atoms with Gasteiger partial charge < -0.3 is 20.4 Å². The number of nitrogens with zero attached hydrogens (tertiary/aromatic N) is 1. The molecule has 0 saturated carbocycles. The summed E-state index contributed by atoms with van der Waals surface area (Å²) in [6.45, 7) is -0.552. The van der Waals surface area contributed by atoms with E-state index < -0.39 is 30.0 Å². The highest BCUT2D eigenvalue weighted by molar-refractivity contribution is 6.30. The Bertz CT molecular complexity index is 563. The average molecular weight is 317 g/mol.